The summed E-state index contributed by atoms with van der Waals surface area (Å²) >= 11 is 1.55. The third kappa shape index (κ3) is 5.55. The molecule has 0 unspecified atom stereocenters. The molecule has 5 nitrogen and oxygen atoms in total. The number of nitrogens with zero attached hydrogens (tertiary/aromatic N) is 2. The summed E-state index contributed by atoms with van der Waals surface area (Å²) in [7, 11) is -3.54. The van der Waals surface area contributed by atoms with Gasteiger partial charge in [-0.05, 0) is 42.2 Å². The number of fused-ring (bicyclic) bond motifs is 1. The van der Waals surface area contributed by atoms with Gasteiger partial charge < -0.3 is 4.90 Å². The van der Waals surface area contributed by atoms with Crippen LogP contribution in [-0.2, 0) is 14.8 Å². The van der Waals surface area contributed by atoms with Crippen molar-refractivity contribution in [3.63, 3.8) is 0 Å². The second kappa shape index (κ2) is 9.69. The van der Waals surface area contributed by atoms with Crippen LogP contribution in [-0.4, -0.2) is 44.6 Å². The quantitative estimate of drug-likeness (QED) is 0.482. The molecular weight excluding hydrogens is 416 g/mol. The van der Waals surface area contributed by atoms with E-state index >= 15 is 0 Å². The van der Waals surface area contributed by atoms with Crippen molar-refractivity contribution in [2.75, 3.05) is 29.7 Å². The zero-order valence-electron chi connectivity index (χ0n) is 18.6. The number of hydrogen-bond acceptors (Lipinski definition) is 4. The van der Waals surface area contributed by atoms with Gasteiger partial charge in [0.05, 0.1) is 5.75 Å². The van der Waals surface area contributed by atoms with Crippen molar-refractivity contribution in [2.24, 2.45) is 11.8 Å². The Labute approximate surface area is 185 Å². The number of sulfonamides is 1. The van der Waals surface area contributed by atoms with E-state index in [2.05, 4.69) is 6.07 Å². The Morgan fingerprint density at radius 3 is 2.50 bits per heavy atom. The van der Waals surface area contributed by atoms with E-state index in [9.17, 15) is 13.2 Å². The minimum atomic E-state index is -3.54. The number of amides is 1. The number of hydrogen-bond donors (Lipinski definition) is 0. The maximum atomic E-state index is 13.5. The number of carbonyl (C=O) groups is 1. The molecule has 1 amide bonds. The molecule has 0 aliphatic heterocycles. The first-order valence-corrected chi connectivity index (χ1v) is 13.4. The Morgan fingerprint density at radius 2 is 1.90 bits per heavy atom. The topological polar surface area (TPSA) is 57.7 Å². The van der Waals surface area contributed by atoms with Gasteiger partial charge in [-0.2, -0.15) is 0 Å². The first-order chi connectivity index (χ1) is 14.2. The molecule has 30 heavy (non-hydrogen) atoms. The van der Waals surface area contributed by atoms with Gasteiger partial charge in [0.2, 0.25) is 15.9 Å². The van der Waals surface area contributed by atoms with Crippen molar-refractivity contribution in [1.82, 2.24) is 4.90 Å². The van der Waals surface area contributed by atoms with Gasteiger partial charge in [0, 0.05) is 30.8 Å². The fraction of sp³-hybridized carbons (Fsp3) is 0.609. The van der Waals surface area contributed by atoms with Crippen LogP contribution in [0.3, 0.4) is 0 Å². The normalized spacial score (nSPS) is 14.4. The fourth-order valence-corrected chi connectivity index (χ4v) is 6.83. The number of aryl methyl sites for hydroxylation is 1. The minimum Gasteiger partial charge on any atom is -0.341 e. The van der Waals surface area contributed by atoms with Gasteiger partial charge >= 0.3 is 0 Å². The van der Waals surface area contributed by atoms with Gasteiger partial charge in [-0.15, -0.1) is 11.3 Å². The van der Waals surface area contributed by atoms with Crippen molar-refractivity contribution in [3.05, 3.63) is 29.8 Å². The Bertz CT molecular complexity index is 977. The molecular formula is C23H34N2O3S2. The highest BCUT2D eigenvalue weighted by Gasteiger charge is 2.30. The van der Waals surface area contributed by atoms with E-state index < -0.39 is 10.0 Å². The second-order valence-corrected chi connectivity index (χ2v) is 11.8. The standard InChI is InChI=1S/C23H34N2O3S2/c1-5-22(26)24(16-17(2)3)14-15-30(27,28)25(13-12-19-10-11-19)23-18(4)20-8-6-7-9-21(20)29-23/h6-9,17,19H,5,10-16H2,1-4H3. The van der Waals surface area contributed by atoms with E-state index in [1.807, 2.05) is 45.9 Å². The van der Waals surface area contributed by atoms with E-state index in [0.29, 0.717) is 31.3 Å². The molecule has 1 aromatic heterocycles. The molecule has 2 aromatic rings. The second-order valence-electron chi connectivity index (χ2n) is 8.74. The summed E-state index contributed by atoms with van der Waals surface area (Å²) in [6, 6.07) is 8.09. The maximum Gasteiger partial charge on any atom is 0.237 e. The molecule has 0 saturated heterocycles. The molecule has 1 aliphatic carbocycles. The number of carbonyl (C=O) groups excluding carboxylic acids is 1. The molecule has 0 spiro atoms. The van der Waals surface area contributed by atoms with Crippen LogP contribution in [0.5, 0.6) is 0 Å². The van der Waals surface area contributed by atoms with Gasteiger partial charge in [-0.3, -0.25) is 9.10 Å². The average molecular weight is 451 g/mol. The van der Waals surface area contributed by atoms with Gasteiger partial charge in [0.25, 0.3) is 0 Å². The van der Waals surface area contributed by atoms with Crippen molar-refractivity contribution in [2.45, 2.75) is 53.4 Å². The largest absolute Gasteiger partial charge is 0.341 e. The lowest BCUT2D eigenvalue weighted by Crippen LogP contribution is -2.41. The zero-order chi connectivity index (χ0) is 21.9. The van der Waals surface area contributed by atoms with Crippen LogP contribution in [0.4, 0.5) is 5.00 Å². The van der Waals surface area contributed by atoms with Crippen molar-refractivity contribution < 1.29 is 13.2 Å². The zero-order valence-corrected chi connectivity index (χ0v) is 20.2. The predicted octanol–water partition coefficient (Wildman–Crippen LogP) is 5.04. The first-order valence-electron chi connectivity index (χ1n) is 11.0. The van der Waals surface area contributed by atoms with Crippen LogP contribution >= 0.6 is 11.3 Å². The molecule has 0 atom stereocenters. The van der Waals surface area contributed by atoms with Gasteiger partial charge in [-0.1, -0.05) is 51.8 Å². The number of thiophene rings is 1. The summed E-state index contributed by atoms with van der Waals surface area (Å²) in [5, 5.41) is 1.95. The molecule has 1 fully saturated rings. The lowest BCUT2D eigenvalue weighted by atomic mass is 10.2. The molecule has 1 aromatic carbocycles. The molecule has 7 heteroatoms. The third-order valence-electron chi connectivity index (χ3n) is 5.68. The molecule has 1 heterocycles. The van der Waals surface area contributed by atoms with Gasteiger partial charge in [0.1, 0.15) is 5.00 Å². The van der Waals surface area contributed by atoms with Crippen molar-refractivity contribution in [3.8, 4) is 0 Å². The van der Waals surface area contributed by atoms with Crippen LogP contribution in [0.25, 0.3) is 10.1 Å². The van der Waals surface area contributed by atoms with Crippen LogP contribution < -0.4 is 4.31 Å². The van der Waals surface area contributed by atoms with E-state index in [1.54, 1.807) is 20.5 Å². The van der Waals surface area contributed by atoms with Crippen LogP contribution in [0.1, 0.15) is 52.0 Å². The van der Waals surface area contributed by atoms with E-state index in [1.165, 1.54) is 12.8 Å². The predicted molar refractivity (Wildman–Crippen MR) is 127 cm³/mol. The summed E-state index contributed by atoms with van der Waals surface area (Å²) in [6.45, 7) is 9.29. The Kier molecular flexibility index (Phi) is 7.45. The fourth-order valence-electron chi connectivity index (χ4n) is 3.79. The highest BCUT2D eigenvalue weighted by Crippen LogP contribution is 2.40. The number of rotatable bonds is 11. The molecule has 166 valence electrons. The summed E-state index contributed by atoms with van der Waals surface area (Å²) in [6.07, 6.45) is 3.70. The van der Waals surface area contributed by atoms with Crippen LogP contribution in [0, 0.1) is 18.8 Å². The monoisotopic (exact) mass is 450 g/mol. The van der Waals surface area contributed by atoms with E-state index in [0.717, 1.165) is 27.1 Å². The summed E-state index contributed by atoms with van der Waals surface area (Å²) in [4.78, 5) is 14.0. The summed E-state index contributed by atoms with van der Waals surface area (Å²) in [5.41, 5.74) is 1.03. The van der Waals surface area contributed by atoms with Crippen LogP contribution in [0.15, 0.2) is 24.3 Å². The third-order valence-corrected chi connectivity index (χ3v) is 8.82. The number of anilines is 1. The molecule has 1 saturated carbocycles. The van der Waals surface area contributed by atoms with E-state index in [4.69, 9.17) is 0 Å². The number of benzene rings is 1. The molecule has 3 rings (SSSR count). The van der Waals surface area contributed by atoms with Crippen molar-refractivity contribution >= 4 is 42.4 Å². The highest BCUT2D eigenvalue weighted by molar-refractivity contribution is 7.93. The highest BCUT2D eigenvalue weighted by atomic mass is 32.2. The average Bonchev–Trinajstić information content (AvgIpc) is 3.48. The lowest BCUT2D eigenvalue weighted by Gasteiger charge is -2.28. The first kappa shape index (κ1) is 23.1. The Hall–Kier alpha value is -1.60. The lowest BCUT2D eigenvalue weighted by molar-refractivity contribution is -0.131. The van der Waals surface area contributed by atoms with Crippen LogP contribution in [0.2, 0.25) is 0 Å². The van der Waals surface area contributed by atoms with Gasteiger partial charge in [0.15, 0.2) is 0 Å². The van der Waals surface area contributed by atoms with Gasteiger partial charge in [-0.25, -0.2) is 8.42 Å². The molecule has 1 aliphatic rings. The summed E-state index contributed by atoms with van der Waals surface area (Å²) < 4.78 is 29.7. The van der Waals surface area contributed by atoms with Crippen molar-refractivity contribution in [1.29, 1.82) is 0 Å². The molecule has 0 radical (unpaired) electrons. The SMILES string of the molecule is CCC(=O)N(CCS(=O)(=O)N(CCC1CC1)c1sc2ccccc2c1C)CC(C)C. The Balaban J connectivity index is 1.85. The molecule has 0 bridgehead atoms. The maximum absolute atomic E-state index is 13.5. The Morgan fingerprint density at radius 1 is 1.20 bits per heavy atom. The minimum absolute atomic E-state index is 0.0153. The van der Waals surface area contributed by atoms with E-state index in [-0.39, 0.29) is 18.2 Å². The molecule has 0 N–H and O–H groups in total. The summed E-state index contributed by atoms with van der Waals surface area (Å²) in [5.74, 6) is 0.932. The smallest absolute Gasteiger partial charge is 0.237 e.